The fourth-order valence-corrected chi connectivity index (χ4v) is 3.44. The van der Waals surface area contributed by atoms with Crippen molar-refractivity contribution in [1.29, 1.82) is 0 Å². The molecule has 7 nitrogen and oxygen atoms in total. The average Bonchev–Trinajstić information content (AvgIpc) is 2.80. The number of urea groups is 1. The van der Waals surface area contributed by atoms with Gasteiger partial charge < -0.3 is 20.9 Å². The summed E-state index contributed by atoms with van der Waals surface area (Å²) in [5, 5.41) is 8.06. The number of carbonyl (C=O) groups is 3. The molecule has 1 saturated heterocycles. The number of benzene rings is 2. The van der Waals surface area contributed by atoms with Gasteiger partial charge in [0.05, 0.1) is 0 Å². The Kier molecular flexibility index (Phi) is 7.98. The van der Waals surface area contributed by atoms with Gasteiger partial charge in [-0.3, -0.25) is 9.59 Å². The summed E-state index contributed by atoms with van der Waals surface area (Å²) >= 11 is 0. The summed E-state index contributed by atoms with van der Waals surface area (Å²) in [6.45, 7) is 1.91. The molecule has 2 aromatic carbocycles. The zero-order chi connectivity index (χ0) is 22.1. The molecule has 8 heteroatoms. The summed E-state index contributed by atoms with van der Waals surface area (Å²) < 4.78 is 13.0. The first-order valence-corrected chi connectivity index (χ1v) is 10.4. The van der Waals surface area contributed by atoms with Crippen LogP contribution in [0.15, 0.2) is 54.6 Å². The molecule has 0 atom stereocenters. The van der Waals surface area contributed by atoms with Crippen molar-refractivity contribution in [3.05, 3.63) is 66.0 Å². The van der Waals surface area contributed by atoms with Gasteiger partial charge in [0, 0.05) is 31.9 Å². The van der Waals surface area contributed by atoms with E-state index < -0.39 is 11.8 Å². The van der Waals surface area contributed by atoms with Crippen molar-refractivity contribution >= 4 is 23.5 Å². The summed E-state index contributed by atoms with van der Waals surface area (Å²) in [6, 6.07) is 15.1. The number of rotatable bonds is 6. The maximum atomic E-state index is 13.0. The molecule has 3 N–H and O–H groups in total. The highest BCUT2D eigenvalue weighted by Crippen LogP contribution is 2.18. The predicted octanol–water partition coefficient (Wildman–Crippen LogP) is 2.54. The van der Waals surface area contributed by atoms with Crippen LogP contribution in [0.1, 0.15) is 18.4 Å². The standard InChI is InChI=1S/C23H27FN4O3/c24-19-6-8-20(9-7-19)27-23(31)28-14-11-18(12-15-28)16-26-22(30)21(29)25-13-10-17-4-2-1-3-5-17/h1-9,18H,10-16H2,(H,25,29)(H,26,30)(H,27,31). The number of nitrogens with zero attached hydrogens (tertiary/aromatic N) is 1. The van der Waals surface area contributed by atoms with Gasteiger partial charge in [0.2, 0.25) is 0 Å². The molecule has 1 aliphatic rings. The predicted molar refractivity (Wildman–Crippen MR) is 116 cm³/mol. The maximum absolute atomic E-state index is 13.0. The second-order valence-electron chi connectivity index (χ2n) is 7.57. The second kappa shape index (κ2) is 11.1. The molecular weight excluding hydrogens is 399 g/mol. The van der Waals surface area contributed by atoms with E-state index in [4.69, 9.17) is 0 Å². The first-order valence-electron chi connectivity index (χ1n) is 10.4. The maximum Gasteiger partial charge on any atom is 0.321 e. The summed E-state index contributed by atoms with van der Waals surface area (Å²) in [5.41, 5.74) is 1.64. The van der Waals surface area contributed by atoms with Gasteiger partial charge in [0.15, 0.2) is 0 Å². The molecule has 0 saturated carbocycles. The Morgan fingerprint density at radius 2 is 1.55 bits per heavy atom. The topological polar surface area (TPSA) is 90.5 Å². The van der Waals surface area contributed by atoms with Crippen LogP contribution in [0.25, 0.3) is 0 Å². The fourth-order valence-electron chi connectivity index (χ4n) is 3.44. The van der Waals surface area contributed by atoms with E-state index in [9.17, 15) is 18.8 Å². The Morgan fingerprint density at radius 1 is 0.903 bits per heavy atom. The number of amides is 4. The van der Waals surface area contributed by atoms with Gasteiger partial charge in [-0.25, -0.2) is 9.18 Å². The Hall–Kier alpha value is -3.42. The van der Waals surface area contributed by atoms with Crippen molar-refractivity contribution in [2.45, 2.75) is 19.3 Å². The Balaban J connectivity index is 1.32. The van der Waals surface area contributed by atoms with Gasteiger partial charge in [-0.2, -0.15) is 0 Å². The minimum atomic E-state index is -0.635. The number of carbonyl (C=O) groups excluding carboxylic acids is 3. The average molecular weight is 426 g/mol. The molecule has 0 aromatic heterocycles. The number of likely N-dealkylation sites (tertiary alicyclic amines) is 1. The van der Waals surface area contributed by atoms with Crippen molar-refractivity contribution < 1.29 is 18.8 Å². The summed E-state index contributed by atoms with van der Waals surface area (Å²) in [6.07, 6.45) is 2.12. The normalized spacial score (nSPS) is 14.0. The van der Waals surface area contributed by atoms with Crippen molar-refractivity contribution in [2.24, 2.45) is 5.92 Å². The quantitative estimate of drug-likeness (QED) is 0.620. The first-order chi connectivity index (χ1) is 15.0. The Bertz CT molecular complexity index is 881. The highest BCUT2D eigenvalue weighted by Gasteiger charge is 2.24. The smallest absolute Gasteiger partial charge is 0.321 e. The summed E-state index contributed by atoms with van der Waals surface area (Å²) in [4.78, 5) is 37.9. The molecule has 0 bridgehead atoms. The molecule has 0 aliphatic carbocycles. The third-order valence-electron chi connectivity index (χ3n) is 5.30. The van der Waals surface area contributed by atoms with E-state index in [0.717, 1.165) is 18.4 Å². The van der Waals surface area contributed by atoms with E-state index in [1.54, 1.807) is 4.90 Å². The highest BCUT2D eigenvalue weighted by molar-refractivity contribution is 6.35. The van der Waals surface area contributed by atoms with Crippen LogP contribution in [0.4, 0.5) is 14.9 Å². The lowest BCUT2D eigenvalue weighted by atomic mass is 9.97. The van der Waals surface area contributed by atoms with Crippen LogP contribution in [-0.4, -0.2) is 48.9 Å². The molecule has 0 unspecified atom stereocenters. The summed E-state index contributed by atoms with van der Waals surface area (Å²) in [7, 11) is 0. The number of hydrogen-bond donors (Lipinski definition) is 3. The van der Waals surface area contributed by atoms with E-state index in [1.807, 2.05) is 30.3 Å². The highest BCUT2D eigenvalue weighted by atomic mass is 19.1. The molecule has 31 heavy (non-hydrogen) atoms. The number of hydrogen-bond acceptors (Lipinski definition) is 3. The van der Waals surface area contributed by atoms with E-state index >= 15 is 0 Å². The van der Waals surface area contributed by atoms with Crippen LogP contribution in [-0.2, 0) is 16.0 Å². The SMILES string of the molecule is O=C(NCCc1ccccc1)C(=O)NCC1CCN(C(=O)Nc2ccc(F)cc2)CC1. The molecule has 0 radical (unpaired) electrons. The van der Waals surface area contributed by atoms with Crippen molar-refractivity contribution in [3.63, 3.8) is 0 Å². The second-order valence-corrected chi connectivity index (χ2v) is 7.57. The zero-order valence-corrected chi connectivity index (χ0v) is 17.3. The molecule has 1 aliphatic heterocycles. The lowest BCUT2D eigenvalue weighted by Crippen LogP contribution is -2.45. The summed E-state index contributed by atoms with van der Waals surface area (Å²) in [5.74, 6) is -1.42. The number of halogens is 1. The Labute approximate surface area is 181 Å². The van der Waals surface area contributed by atoms with Gasteiger partial charge in [-0.1, -0.05) is 30.3 Å². The fraction of sp³-hybridized carbons (Fsp3) is 0.348. The van der Waals surface area contributed by atoms with Crippen molar-refractivity contribution in [1.82, 2.24) is 15.5 Å². The van der Waals surface area contributed by atoms with Crippen molar-refractivity contribution in [3.8, 4) is 0 Å². The lowest BCUT2D eigenvalue weighted by Gasteiger charge is -2.32. The van der Waals surface area contributed by atoms with Crippen LogP contribution < -0.4 is 16.0 Å². The molecule has 0 spiro atoms. The molecule has 2 aromatic rings. The van der Waals surface area contributed by atoms with E-state index in [1.165, 1.54) is 24.3 Å². The first kappa shape index (κ1) is 22.3. The minimum Gasteiger partial charge on any atom is -0.348 e. The van der Waals surface area contributed by atoms with Gasteiger partial charge >= 0.3 is 17.8 Å². The number of piperidine rings is 1. The van der Waals surface area contributed by atoms with E-state index in [2.05, 4.69) is 16.0 Å². The van der Waals surface area contributed by atoms with Gasteiger partial charge in [0.1, 0.15) is 5.82 Å². The molecule has 1 fully saturated rings. The molecule has 1 heterocycles. The zero-order valence-electron chi connectivity index (χ0n) is 17.3. The van der Waals surface area contributed by atoms with Gasteiger partial charge in [-0.15, -0.1) is 0 Å². The third kappa shape index (κ3) is 7.09. The number of nitrogens with one attached hydrogen (secondary N) is 3. The van der Waals surface area contributed by atoms with Crippen LogP contribution in [0, 0.1) is 11.7 Å². The van der Waals surface area contributed by atoms with Crippen LogP contribution in [0.5, 0.6) is 0 Å². The lowest BCUT2D eigenvalue weighted by molar-refractivity contribution is -0.139. The minimum absolute atomic E-state index is 0.205. The molecule has 4 amide bonds. The van der Waals surface area contributed by atoms with Crippen molar-refractivity contribution in [2.75, 3.05) is 31.5 Å². The van der Waals surface area contributed by atoms with E-state index in [0.29, 0.717) is 38.3 Å². The van der Waals surface area contributed by atoms with E-state index in [-0.39, 0.29) is 17.8 Å². The molecule has 3 rings (SSSR count). The van der Waals surface area contributed by atoms with Crippen LogP contribution >= 0.6 is 0 Å². The largest absolute Gasteiger partial charge is 0.348 e. The monoisotopic (exact) mass is 426 g/mol. The third-order valence-corrected chi connectivity index (χ3v) is 5.30. The van der Waals surface area contributed by atoms with Gasteiger partial charge in [-0.05, 0) is 55.0 Å². The van der Waals surface area contributed by atoms with Crippen LogP contribution in [0.3, 0.4) is 0 Å². The Morgan fingerprint density at radius 3 is 2.23 bits per heavy atom. The molecular formula is C23H27FN4O3. The number of anilines is 1. The van der Waals surface area contributed by atoms with Crippen LogP contribution in [0.2, 0.25) is 0 Å². The van der Waals surface area contributed by atoms with Gasteiger partial charge in [0.25, 0.3) is 0 Å². The molecule has 164 valence electrons.